The van der Waals surface area contributed by atoms with Crippen molar-refractivity contribution >= 4 is 5.97 Å². The van der Waals surface area contributed by atoms with Crippen LogP contribution in [-0.4, -0.2) is 25.3 Å². The van der Waals surface area contributed by atoms with Crippen LogP contribution in [0.2, 0.25) is 0 Å². The van der Waals surface area contributed by atoms with Crippen molar-refractivity contribution in [2.75, 3.05) is 14.2 Å². The lowest BCUT2D eigenvalue weighted by atomic mass is 10.0. The Hall–Kier alpha value is -1.71. The molecule has 1 aromatic carbocycles. The molecule has 0 fully saturated rings. The van der Waals surface area contributed by atoms with Gasteiger partial charge in [0.25, 0.3) is 0 Å². The molecule has 0 heterocycles. The van der Waals surface area contributed by atoms with Crippen LogP contribution in [0.1, 0.15) is 12.5 Å². The average molecular weight is 224 g/mol. The van der Waals surface area contributed by atoms with Gasteiger partial charge in [0.1, 0.15) is 0 Å². The molecule has 0 spiro atoms. The lowest BCUT2D eigenvalue weighted by Crippen LogP contribution is -2.13. The number of hydrogen-bond donors (Lipinski definition) is 1. The van der Waals surface area contributed by atoms with Gasteiger partial charge in [0.15, 0.2) is 11.5 Å². The van der Waals surface area contributed by atoms with E-state index in [0.717, 1.165) is 5.56 Å². The van der Waals surface area contributed by atoms with E-state index in [9.17, 15) is 4.79 Å². The minimum atomic E-state index is -0.815. The molecule has 0 saturated carbocycles. The largest absolute Gasteiger partial charge is 0.493 e. The van der Waals surface area contributed by atoms with Gasteiger partial charge in [-0.3, -0.25) is 4.79 Å². The molecule has 0 aliphatic heterocycles. The van der Waals surface area contributed by atoms with Gasteiger partial charge in [-0.25, -0.2) is 0 Å². The van der Waals surface area contributed by atoms with E-state index in [4.69, 9.17) is 14.6 Å². The molecule has 0 amide bonds. The Bertz CT molecular complexity index is 373. The first kappa shape index (κ1) is 12.4. The molecule has 0 unspecified atom stereocenters. The highest BCUT2D eigenvalue weighted by Crippen LogP contribution is 2.32. The van der Waals surface area contributed by atoms with Crippen LogP contribution in [0, 0.1) is 5.92 Å². The van der Waals surface area contributed by atoms with Gasteiger partial charge >= 0.3 is 5.97 Å². The maximum atomic E-state index is 10.8. The second kappa shape index (κ2) is 5.39. The van der Waals surface area contributed by atoms with E-state index in [1.165, 1.54) is 0 Å². The SMILES string of the molecule is COc1cccc(C[C@@H](C)C(=O)O)c1OC. The van der Waals surface area contributed by atoms with Gasteiger partial charge in [-0.2, -0.15) is 0 Å². The van der Waals surface area contributed by atoms with E-state index in [1.807, 2.05) is 12.1 Å². The molecule has 1 aromatic rings. The summed E-state index contributed by atoms with van der Waals surface area (Å²) in [5.74, 6) is -0.0263. The number of ether oxygens (including phenoxy) is 2. The second-order valence-corrected chi connectivity index (χ2v) is 3.60. The van der Waals surface area contributed by atoms with E-state index in [2.05, 4.69) is 0 Å². The van der Waals surface area contributed by atoms with Crippen molar-refractivity contribution in [3.05, 3.63) is 23.8 Å². The fraction of sp³-hybridized carbons (Fsp3) is 0.417. The fourth-order valence-electron chi connectivity index (χ4n) is 1.53. The monoisotopic (exact) mass is 224 g/mol. The number of aliphatic carboxylic acids is 1. The van der Waals surface area contributed by atoms with Crippen LogP contribution in [0.15, 0.2) is 18.2 Å². The second-order valence-electron chi connectivity index (χ2n) is 3.60. The number of methoxy groups -OCH3 is 2. The fourth-order valence-corrected chi connectivity index (χ4v) is 1.53. The summed E-state index contributed by atoms with van der Waals surface area (Å²) in [5.41, 5.74) is 0.844. The predicted molar refractivity (Wildman–Crippen MR) is 60.0 cm³/mol. The third kappa shape index (κ3) is 2.66. The molecular formula is C12H16O4. The maximum Gasteiger partial charge on any atom is 0.306 e. The summed E-state index contributed by atoms with van der Waals surface area (Å²) < 4.78 is 10.4. The quantitative estimate of drug-likeness (QED) is 0.830. The Kier molecular flexibility index (Phi) is 4.17. The summed E-state index contributed by atoms with van der Waals surface area (Å²) in [4.78, 5) is 10.8. The van der Waals surface area contributed by atoms with Gasteiger partial charge < -0.3 is 14.6 Å². The number of carboxylic acids is 1. The van der Waals surface area contributed by atoms with Crippen LogP contribution in [-0.2, 0) is 11.2 Å². The third-order valence-corrected chi connectivity index (χ3v) is 2.43. The van der Waals surface area contributed by atoms with E-state index in [0.29, 0.717) is 17.9 Å². The number of para-hydroxylation sites is 1. The number of carboxylic acid groups (broad SMARTS) is 1. The predicted octanol–water partition coefficient (Wildman–Crippen LogP) is 1.97. The number of carbonyl (C=O) groups is 1. The summed E-state index contributed by atoms with van der Waals surface area (Å²) in [7, 11) is 3.11. The third-order valence-electron chi connectivity index (χ3n) is 2.43. The zero-order valence-corrected chi connectivity index (χ0v) is 9.69. The first-order valence-electron chi connectivity index (χ1n) is 5.02. The normalized spacial score (nSPS) is 11.9. The lowest BCUT2D eigenvalue weighted by molar-refractivity contribution is -0.141. The standard InChI is InChI=1S/C12H16O4/c1-8(12(13)14)7-9-5-4-6-10(15-2)11(9)16-3/h4-6,8H,7H2,1-3H3,(H,13,14)/t8-/m1/s1. The number of benzene rings is 1. The molecule has 4 heteroatoms. The van der Waals surface area contributed by atoms with Gasteiger partial charge in [0.2, 0.25) is 0 Å². The Morgan fingerprint density at radius 2 is 2.06 bits per heavy atom. The van der Waals surface area contributed by atoms with Gasteiger partial charge in [0, 0.05) is 0 Å². The summed E-state index contributed by atoms with van der Waals surface area (Å²) in [5, 5.41) is 8.86. The van der Waals surface area contributed by atoms with Crippen LogP contribution in [0.3, 0.4) is 0 Å². The van der Waals surface area contributed by atoms with Gasteiger partial charge in [-0.1, -0.05) is 19.1 Å². The topological polar surface area (TPSA) is 55.8 Å². The van der Waals surface area contributed by atoms with Crippen LogP contribution >= 0.6 is 0 Å². The number of hydrogen-bond acceptors (Lipinski definition) is 3. The molecule has 1 atom stereocenters. The highest BCUT2D eigenvalue weighted by Gasteiger charge is 2.16. The average Bonchev–Trinajstić information content (AvgIpc) is 2.28. The van der Waals surface area contributed by atoms with Gasteiger partial charge in [-0.05, 0) is 18.1 Å². The molecule has 1 N–H and O–H groups in total. The molecule has 0 saturated heterocycles. The number of rotatable bonds is 5. The van der Waals surface area contributed by atoms with E-state index in [-0.39, 0.29) is 0 Å². The molecule has 88 valence electrons. The Labute approximate surface area is 94.8 Å². The molecule has 0 radical (unpaired) electrons. The van der Waals surface area contributed by atoms with Gasteiger partial charge in [-0.15, -0.1) is 0 Å². The zero-order valence-electron chi connectivity index (χ0n) is 9.69. The summed E-state index contributed by atoms with van der Waals surface area (Å²) in [6.45, 7) is 1.67. The van der Waals surface area contributed by atoms with Crippen molar-refractivity contribution < 1.29 is 19.4 Å². The molecule has 0 aromatic heterocycles. The van der Waals surface area contributed by atoms with E-state index < -0.39 is 11.9 Å². The van der Waals surface area contributed by atoms with Crippen LogP contribution in [0.25, 0.3) is 0 Å². The molecular weight excluding hydrogens is 208 g/mol. The smallest absolute Gasteiger partial charge is 0.306 e. The molecule has 1 rings (SSSR count). The van der Waals surface area contributed by atoms with Crippen molar-refractivity contribution in [1.29, 1.82) is 0 Å². The van der Waals surface area contributed by atoms with Crippen molar-refractivity contribution in [3.8, 4) is 11.5 Å². The van der Waals surface area contributed by atoms with Crippen LogP contribution in [0.4, 0.5) is 0 Å². The summed E-state index contributed by atoms with van der Waals surface area (Å²) in [6, 6.07) is 5.46. The van der Waals surface area contributed by atoms with E-state index >= 15 is 0 Å². The van der Waals surface area contributed by atoms with Crippen LogP contribution < -0.4 is 9.47 Å². The van der Waals surface area contributed by atoms with Crippen molar-refractivity contribution in [3.63, 3.8) is 0 Å². The molecule has 0 aliphatic rings. The maximum absolute atomic E-state index is 10.8. The zero-order chi connectivity index (χ0) is 12.1. The first-order chi connectivity index (χ1) is 7.60. The van der Waals surface area contributed by atoms with Crippen LogP contribution in [0.5, 0.6) is 11.5 Å². The molecule has 4 nitrogen and oxygen atoms in total. The van der Waals surface area contributed by atoms with Crippen molar-refractivity contribution in [1.82, 2.24) is 0 Å². The molecule has 0 bridgehead atoms. The van der Waals surface area contributed by atoms with E-state index in [1.54, 1.807) is 27.2 Å². The Morgan fingerprint density at radius 3 is 2.56 bits per heavy atom. The lowest BCUT2D eigenvalue weighted by Gasteiger charge is -2.13. The highest BCUT2D eigenvalue weighted by atomic mass is 16.5. The minimum absolute atomic E-state index is 0.426. The van der Waals surface area contributed by atoms with Crippen molar-refractivity contribution in [2.45, 2.75) is 13.3 Å². The Morgan fingerprint density at radius 1 is 1.38 bits per heavy atom. The van der Waals surface area contributed by atoms with Crippen molar-refractivity contribution in [2.24, 2.45) is 5.92 Å². The Balaban J connectivity index is 2.99. The first-order valence-corrected chi connectivity index (χ1v) is 5.02. The molecule has 0 aliphatic carbocycles. The highest BCUT2D eigenvalue weighted by molar-refractivity contribution is 5.70. The summed E-state index contributed by atoms with van der Waals surface area (Å²) >= 11 is 0. The minimum Gasteiger partial charge on any atom is -0.493 e. The van der Waals surface area contributed by atoms with Gasteiger partial charge in [0.05, 0.1) is 20.1 Å². The summed E-state index contributed by atoms with van der Waals surface area (Å²) in [6.07, 6.45) is 0.426. The molecule has 16 heavy (non-hydrogen) atoms.